The van der Waals surface area contributed by atoms with Gasteiger partial charge < -0.3 is 20.6 Å². The van der Waals surface area contributed by atoms with Gasteiger partial charge in [0.2, 0.25) is 6.29 Å². The summed E-state index contributed by atoms with van der Waals surface area (Å²) in [6.45, 7) is 1.61. The maximum absolute atomic E-state index is 13.4. The Morgan fingerprint density at radius 3 is 2.40 bits per heavy atom. The molecule has 1 saturated carbocycles. The first-order valence-corrected chi connectivity index (χ1v) is 14.2. The Morgan fingerprint density at radius 1 is 1.07 bits per heavy atom. The topological polar surface area (TPSA) is 245 Å². The first-order valence-electron chi connectivity index (χ1n) is 13.4. The van der Waals surface area contributed by atoms with Crippen LogP contribution in [0, 0.1) is 12.8 Å². The zero-order chi connectivity index (χ0) is 31.1. The molecule has 3 N–H and O–H groups in total. The van der Waals surface area contributed by atoms with Gasteiger partial charge in [-0.1, -0.05) is 15.3 Å². The molecule has 1 aromatic carbocycles. The van der Waals surface area contributed by atoms with Crippen molar-refractivity contribution in [3.05, 3.63) is 86.2 Å². The summed E-state index contributed by atoms with van der Waals surface area (Å²) < 4.78 is 13.9. The number of amides is 1. The highest BCUT2D eigenvalue weighted by Crippen LogP contribution is 2.48. The van der Waals surface area contributed by atoms with Crippen LogP contribution in [0.4, 0.5) is 0 Å². The third-order valence-electron chi connectivity index (χ3n) is 7.76. The molecule has 1 aliphatic heterocycles. The average Bonchev–Trinajstić information content (AvgIpc) is 3.46. The number of hydrogen-bond donors (Lipinski definition) is 2. The minimum absolute atomic E-state index is 0.0799. The van der Waals surface area contributed by atoms with E-state index in [2.05, 4.69) is 51.3 Å². The van der Waals surface area contributed by atoms with Gasteiger partial charge in [0.1, 0.15) is 0 Å². The number of benzene rings is 1. The predicted molar refractivity (Wildman–Crippen MR) is 159 cm³/mol. The number of nitrogens with zero attached hydrogens (tertiary/aromatic N) is 11. The lowest BCUT2D eigenvalue weighted by molar-refractivity contribution is -0.0263. The fourth-order valence-electron chi connectivity index (χ4n) is 5.41. The van der Waals surface area contributed by atoms with Crippen molar-refractivity contribution in [2.75, 3.05) is 19.6 Å². The van der Waals surface area contributed by atoms with Gasteiger partial charge in [-0.2, -0.15) is 0 Å². The number of aryl methyl sites for hydroxylation is 1. The van der Waals surface area contributed by atoms with Crippen LogP contribution in [0.2, 0.25) is 0 Å². The number of carbonyl (C=O) groups is 1. The molecule has 1 aliphatic carbocycles. The smallest absolute Gasteiger partial charge is 0.274 e. The van der Waals surface area contributed by atoms with Gasteiger partial charge in [-0.3, -0.25) is 14.5 Å². The van der Waals surface area contributed by atoms with Crippen molar-refractivity contribution in [2.24, 2.45) is 21.3 Å². The molecule has 1 unspecified atom stereocenters. The van der Waals surface area contributed by atoms with Crippen molar-refractivity contribution >= 4 is 21.8 Å². The van der Waals surface area contributed by atoms with E-state index in [1.807, 2.05) is 11.9 Å². The molecule has 0 radical (unpaired) electrons. The average molecular weight is 657 g/mol. The molecule has 226 valence electrons. The highest BCUT2D eigenvalue weighted by Gasteiger charge is 2.39. The zero-order valence-corrected chi connectivity index (χ0v) is 25.1. The Balaban J connectivity index is 1.53. The van der Waals surface area contributed by atoms with Crippen LogP contribution in [0.3, 0.4) is 0 Å². The summed E-state index contributed by atoms with van der Waals surface area (Å²) in [6, 6.07) is 3.47. The van der Waals surface area contributed by atoms with Crippen LogP contribution in [0.15, 0.2) is 36.7 Å². The highest BCUT2D eigenvalue weighted by atomic mass is 79.9. The van der Waals surface area contributed by atoms with Gasteiger partial charge in [0.15, 0.2) is 11.5 Å². The third-order valence-corrected chi connectivity index (χ3v) is 8.35. The van der Waals surface area contributed by atoms with Crippen LogP contribution in [0.1, 0.15) is 58.4 Å². The van der Waals surface area contributed by atoms with Crippen LogP contribution in [-0.2, 0) is 19.6 Å². The molecule has 2 aliphatic rings. The molecule has 0 bridgehead atoms. The summed E-state index contributed by atoms with van der Waals surface area (Å²) in [4.78, 5) is 36.7. The van der Waals surface area contributed by atoms with Crippen LogP contribution >= 0.6 is 15.9 Å². The second-order valence-electron chi connectivity index (χ2n) is 10.3. The van der Waals surface area contributed by atoms with E-state index in [0.717, 1.165) is 30.4 Å². The maximum Gasteiger partial charge on any atom is 0.274 e. The van der Waals surface area contributed by atoms with Gasteiger partial charge in [0, 0.05) is 55.6 Å². The molecule has 1 fully saturated rings. The van der Waals surface area contributed by atoms with Crippen molar-refractivity contribution in [1.29, 1.82) is 0 Å². The van der Waals surface area contributed by atoms with E-state index in [1.54, 1.807) is 19.1 Å². The number of nitrogens with two attached hydrogens (primary N) is 1. The maximum atomic E-state index is 13.4. The standard InChI is InChI=1S/C25H30BrN13O4/c1-13-7-16(9-32-35-27)39(30)24(41)18(13)10-31-23(40)17-8-20(26)22-21(19(17)11-33-36-28)42-25(43-22)14-3-5-15(6-4-14)38(2)12-34-37-29/h7-8,14-15,25H,3-6,9-12,30H2,1-2H3,(H,31,40). The number of hydrogen-bond acceptors (Lipinski definition) is 9. The molecule has 18 heteroatoms. The fourth-order valence-corrected chi connectivity index (χ4v) is 5.91. The van der Waals surface area contributed by atoms with E-state index in [0.29, 0.717) is 39.5 Å². The summed E-state index contributed by atoms with van der Waals surface area (Å²) in [5, 5.41) is 13.5. The SMILES string of the molecule is Cc1cc(CN=[N+]=[N-])n(N)c(=O)c1CNC(=O)c1cc(Br)c2c(c1CN=[N+]=[N-])OC(C1CCC(N(C)CN=[N+]=[N-])CC1)O2. The Labute approximate surface area is 253 Å². The molecule has 2 aromatic rings. The lowest BCUT2D eigenvalue weighted by Crippen LogP contribution is -2.39. The normalized spacial score (nSPS) is 18.7. The highest BCUT2D eigenvalue weighted by molar-refractivity contribution is 9.10. The monoisotopic (exact) mass is 655 g/mol. The number of nitrogens with one attached hydrogen (secondary N) is 1. The minimum atomic E-state index is -0.590. The van der Waals surface area contributed by atoms with Gasteiger partial charge in [-0.15, -0.1) is 0 Å². The van der Waals surface area contributed by atoms with E-state index in [4.69, 9.17) is 31.9 Å². The molecule has 4 rings (SSSR count). The summed E-state index contributed by atoms with van der Waals surface area (Å²) >= 11 is 3.49. The summed E-state index contributed by atoms with van der Waals surface area (Å²) in [5.41, 5.74) is 27.4. The number of pyridine rings is 1. The summed E-state index contributed by atoms with van der Waals surface area (Å²) in [7, 11) is 1.93. The lowest BCUT2D eigenvalue weighted by atomic mass is 9.85. The Morgan fingerprint density at radius 2 is 1.72 bits per heavy atom. The van der Waals surface area contributed by atoms with Crippen molar-refractivity contribution < 1.29 is 14.3 Å². The number of aromatic nitrogens is 1. The van der Waals surface area contributed by atoms with E-state index in [1.165, 1.54) is 0 Å². The van der Waals surface area contributed by atoms with Gasteiger partial charge in [0.05, 0.1) is 24.2 Å². The largest absolute Gasteiger partial charge is 0.450 e. The van der Waals surface area contributed by atoms with Crippen LogP contribution < -0.4 is 26.2 Å². The molecule has 0 saturated heterocycles. The molecule has 1 amide bonds. The third kappa shape index (κ3) is 6.91. The van der Waals surface area contributed by atoms with Gasteiger partial charge >= 0.3 is 0 Å². The van der Waals surface area contributed by atoms with Crippen molar-refractivity contribution in [2.45, 2.75) is 64.6 Å². The van der Waals surface area contributed by atoms with E-state index in [-0.39, 0.29) is 42.7 Å². The number of nitrogen functional groups attached to an aromatic ring is 1. The Hall–Kier alpha value is -4.59. The molecule has 17 nitrogen and oxygen atoms in total. The molecule has 2 heterocycles. The number of fused-ring (bicyclic) bond motifs is 1. The van der Waals surface area contributed by atoms with Gasteiger partial charge in [-0.05, 0) is 89.9 Å². The Bertz CT molecular complexity index is 1600. The van der Waals surface area contributed by atoms with Crippen molar-refractivity contribution in [3.8, 4) is 11.5 Å². The molecule has 1 aromatic heterocycles. The molecule has 1 atom stereocenters. The Kier molecular flexibility index (Phi) is 10.2. The second-order valence-corrected chi connectivity index (χ2v) is 11.1. The quantitative estimate of drug-likeness (QED) is 0.145. The van der Waals surface area contributed by atoms with Crippen molar-refractivity contribution in [1.82, 2.24) is 14.9 Å². The summed E-state index contributed by atoms with van der Waals surface area (Å²) in [6.07, 6.45) is 2.80. The number of rotatable bonds is 11. The van der Waals surface area contributed by atoms with Gasteiger partial charge in [-0.25, -0.2) is 4.68 Å². The number of halogens is 1. The number of carbonyl (C=O) groups excluding carboxylic acids is 1. The number of ether oxygens (including phenoxy) is 2. The van der Waals surface area contributed by atoms with E-state index >= 15 is 0 Å². The first kappa shape index (κ1) is 31.3. The van der Waals surface area contributed by atoms with Crippen molar-refractivity contribution in [3.63, 3.8) is 0 Å². The van der Waals surface area contributed by atoms with E-state index < -0.39 is 17.8 Å². The zero-order valence-electron chi connectivity index (χ0n) is 23.6. The molecule has 0 spiro atoms. The van der Waals surface area contributed by atoms with Crippen LogP contribution in [0.5, 0.6) is 11.5 Å². The number of azide groups is 3. The van der Waals surface area contributed by atoms with E-state index in [9.17, 15) is 9.59 Å². The fraction of sp³-hybridized carbons (Fsp3) is 0.520. The lowest BCUT2D eigenvalue weighted by Gasteiger charge is -2.35. The minimum Gasteiger partial charge on any atom is -0.450 e. The van der Waals surface area contributed by atoms with Crippen LogP contribution in [-0.4, -0.2) is 41.5 Å². The summed E-state index contributed by atoms with van der Waals surface area (Å²) in [5.74, 6) is 6.19. The molecular formula is C25H30BrN13O4. The molecule has 43 heavy (non-hydrogen) atoms. The molecular weight excluding hydrogens is 626 g/mol. The van der Waals surface area contributed by atoms with Gasteiger partial charge in [0.25, 0.3) is 11.5 Å². The van der Waals surface area contributed by atoms with Crippen LogP contribution in [0.25, 0.3) is 31.3 Å². The first-order chi connectivity index (χ1) is 20.7. The second kappa shape index (κ2) is 14.1. The predicted octanol–water partition coefficient (Wildman–Crippen LogP) is 5.04.